The zero-order valence-electron chi connectivity index (χ0n) is 11.9. The first-order valence-corrected chi connectivity index (χ1v) is 6.76. The molecule has 8 heteroatoms. The van der Waals surface area contributed by atoms with E-state index in [0.29, 0.717) is 12.4 Å². The van der Waals surface area contributed by atoms with Crippen LogP contribution in [0.25, 0.3) is 0 Å². The van der Waals surface area contributed by atoms with Crippen LogP contribution in [0.2, 0.25) is 0 Å². The van der Waals surface area contributed by atoms with E-state index in [9.17, 15) is 8.78 Å². The van der Waals surface area contributed by atoms with Gasteiger partial charge in [-0.05, 0) is 23.8 Å². The summed E-state index contributed by atoms with van der Waals surface area (Å²) in [7, 11) is 0. The summed E-state index contributed by atoms with van der Waals surface area (Å²) in [6, 6.07) is 7.29. The van der Waals surface area contributed by atoms with Gasteiger partial charge in [-0.1, -0.05) is 12.1 Å². The minimum absolute atomic E-state index is 0.00909. The molecule has 23 heavy (non-hydrogen) atoms. The van der Waals surface area contributed by atoms with Gasteiger partial charge in [0.15, 0.2) is 5.82 Å². The van der Waals surface area contributed by atoms with Crippen molar-refractivity contribution < 1.29 is 8.78 Å². The van der Waals surface area contributed by atoms with Crippen molar-refractivity contribution in [1.29, 1.82) is 0 Å². The van der Waals surface area contributed by atoms with Gasteiger partial charge in [-0.3, -0.25) is 4.98 Å². The van der Waals surface area contributed by atoms with Gasteiger partial charge in [-0.25, -0.2) is 8.78 Å². The third kappa shape index (κ3) is 3.73. The number of aromatic nitrogens is 4. The van der Waals surface area contributed by atoms with E-state index in [0.717, 1.165) is 17.7 Å². The molecule has 0 aliphatic carbocycles. The average Bonchev–Trinajstić information content (AvgIpc) is 2.58. The molecule has 0 aliphatic rings. The Morgan fingerprint density at radius 1 is 1.00 bits per heavy atom. The molecule has 0 aliphatic heterocycles. The second-order valence-corrected chi connectivity index (χ2v) is 4.60. The summed E-state index contributed by atoms with van der Waals surface area (Å²) in [5.74, 6) is -1.06. The van der Waals surface area contributed by atoms with Crippen LogP contribution in [-0.2, 0) is 6.54 Å². The number of hydrogen-bond donors (Lipinski definition) is 2. The normalized spacial score (nSPS) is 10.3. The molecule has 3 aromatic rings. The van der Waals surface area contributed by atoms with Gasteiger partial charge in [-0.15, -0.1) is 5.10 Å². The van der Waals surface area contributed by atoms with Crippen molar-refractivity contribution in [1.82, 2.24) is 20.2 Å². The van der Waals surface area contributed by atoms with Crippen LogP contribution in [-0.4, -0.2) is 20.2 Å². The van der Waals surface area contributed by atoms with E-state index in [1.807, 2.05) is 12.1 Å². The molecule has 6 nitrogen and oxygen atoms in total. The summed E-state index contributed by atoms with van der Waals surface area (Å²) >= 11 is 0. The van der Waals surface area contributed by atoms with Crippen molar-refractivity contribution in [2.45, 2.75) is 6.54 Å². The Morgan fingerprint density at radius 3 is 2.57 bits per heavy atom. The first-order valence-electron chi connectivity index (χ1n) is 6.76. The number of rotatable bonds is 5. The summed E-state index contributed by atoms with van der Waals surface area (Å²) in [5, 5.41) is 13.0. The monoisotopic (exact) mass is 314 g/mol. The van der Waals surface area contributed by atoms with E-state index in [2.05, 4.69) is 30.8 Å². The standard InChI is InChI=1S/C15H12F2N6/c16-11-4-1-5-12(17)14(11)22-15-21-13(9-20-23-15)19-8-10-3-2-6-18-7-10/h1-7,9H,8H2,(H2,19,21,22,23). The number of para-hydroxylation sites is 1. The predicted molar refractivity (Wildman–Crippen MR) is 81.0 cm³/mol. The lowest BCUT2D eigenvalue weighted by Gasteiger charge is -2.08. The Bertz CT molecular complexity index is 777. The molecule has 2 N–H and O–H groups in total. The molecule has 116 valence electrons. The first kappa shape index (κ1) is 14.8. The number of nitrogens with one attached hydrogen (secondary N) is 2. The molecule has 0 fully saturated rings. The fraction of sp³-hybridized carbons (Fsp3) is 0.0667. The highest BCUT2D eigenvalue weighted by atomic mass is 19.1. The Balaban J connectivity index is 1.72. The molecule has 0 bridgehead atoms. The van der Waals surface area contributed by atoms with E-state index in [1.165, 1.54) is 12.3 Å². The fourth-order valence-corrected chi connectivity index (χ4v) is 1.87. The fourth-order valence-electron chi connectivity index (χ4n) is 1.87. The molecule has 0 amide bonds. The van der Waals surface area contributed by atoms with Gasteiger partial charge in [0.05, 0.1) is 6.20 Å². The number of halogens is 2. The Morgan fingerprint density at radius 2 is 1.83 bits per heavy atom. The number of hydrogen-bond acceptors (Lipinski definition) is 6. The van der Waals surface area contributed by atoms with Crippen molar-refractivity contribution in [2.75, 3.05) is 10.6 Å². The Hall–Kier alpha value is -3.16. The molecule has 1 aromatic carbocycles. The lowest BCUT2D eigenvalue weighted by Crippen LogP contribution is -2.07. The minimum Gasteiger partial charge on any atom is -0.364 e. The van der Waals surface area contributed by atoms with Crippen LogP contribution in [0.5, 0.6) is 0 Å². The topological polar surface area (TPSA) is 75.6 Å². The maximum absolute atomic E-state index is 13.6. The lowest BCUT2D eigenvalue weighted by atomic mass is 10.3. The van der Waals surface area contributed by atoms with E-state index in [1.54, 1.807) is 12.4 Å². The van der Waals surface area contributed by atoms with E-state index < -0.39 is 11.6 Å². The largest absolute Gasteiger partial charge is 0.364 e. The van der Waals surface area contributed by atoms with Crippen LogP contribution < -0.4 is 10.6 Å². The van der Waals surface area contributed by atoms with Crippen LogP contribution in [0.1, 0.15) is 5.56 Å². The summed E-state index contributed by atoms with van der Waals surface area (Å²) in [6.45, 7) is 0.486. The first-order chi connectivity index (χ1) is 11.2. The molecule has 0 spiro atoms. The van der Waals surface area contributed by atoms with E-state index in [4.69, 9.17) is 0 Å². The second kappa shape index (κ2) is 6.73. The SMILES string of the molecule is Fc1cccc(F)c1Nc1nncc(NCc2cccnc2)n1. The lowest BCUT2D eigenvalue weighted by molar-refractivity contribution is 0.590. The van der Waals surface area contributed by atoms with E-state index >= 15 is 0 Å². The molecule has 0 unspecified atom stereocenters. The highest BCUT2D eigenvalue weighted by Gasteiger charge is 2.10. The highest BCUT2D eigenvalue weighted by Crippen LogP contribution is 2.21. The van der Waals surface area contributed by atoms with Crippen LogP contribution in [0.4, 0.5) is 26.2 Å². The maximum atomic E-state index is 13.6. The van der Waals surface area contributed by atoms with Gasteiger partial charge in [-0.2, -0.15) is 10.1 Å². The van der Waals surface area contributed by atoms with Gasteiger partial charge in [0, 0.05) is 18.9 Å². The number of benzene rings is 1. The molecule has 2 heterocycles. The summed E-state index contributed by atoms with van der Waals surface area (Å²) < 4.78 is 27.2. The quantitative estimate of drug-likeness (QED) is 0.754. The van der Waals surface area contributed by atoms with Gasteiger partial charge >= 0.3 is 0 Å². The van der Waals surface area contributed by atoms with Gasteiger partial charge < -0.3 is 10.6 Å². The number of nitrogens with zero attached hydrogens (tertiary/aromatic N) is 4. The Labute approximate surface area is 130 Å². The summed E-state index contributed by atoms with van der Waals surface area (Å²) in [6.07, 6.45) is 4.81. The average molecular weight is 314 g/mol. The zero-order valence-corrected chi connectivity index (χ0v) is 11.9. The van der Waals surface area contributed by atoms with Crippen LogP contribution in [0.3, 0.4) is 0 Å². The third-order valence-corrected chi connectivity index (χ3v) is 2.95. The Kier molecular flexibility index (Phi) is 4.32. The predicted octanol–water partition coefficient (Wildman–Crippen LogP) is 2.90. The number of pyridine rings is 1. The molecule has 0 saturated heterocycles. The van der Waals surface area contributed by atoms with Crippen LogP contribution in [0.15, 0.2) is 48.9 Å². The highest BCUT2D eigenvalue weighted by molar-refractivity contribution is 5.55. The summed E-state index contributed by atoms with van der Waals surface area (Å²) in [5.41, 5.74) is 0.638. The van der Waals surface area contributed by atoms with Crippen molar-refractivity contribution in [3.63, 3.8) is 0 Å². The van der Waals surface area contributed by atoms with Crippen molar-refractivity contribution in [2.24, 2.45) is 0 Å². The van der Waals surface area contributed by atoms with Gasteiger partial charge in [0.25, 0.3) is 0 Å². The zero-order chi connectivity index (χ0) is 16.1. The second-order valence-electron chi connectivity index (χ2n) is 4.60. The summed E-state index contributed by atoms with van der Waals surface area (Å²) in [4.78, 5) is 8.12. The molecule has 0 radical (unpaired) electrons. The van der Waals surface area contributed by atoms with E-state index in [-0.39, 0.29) is 11.6 Å². The molecular weight excluding hydrogens is 302 g/mol. The third-order valence-electron chi connectivity index (χ3n) is 2.95. The molecule has 2 aromatic heterocycles. The molecular formula is C15H12F2N6. The van der Waals surface area contributed by atoms with Crippen molar-refractivity contribution >= 4 is 17.5 Å². The van der Waals surface area contributed by atoms with Crippen molar-refractivity contribution in [3.8, 4) is 0 Å². The smallest absolute Gasteiger partial charge is 0.249 e. The number of anilines is 3. The van der Waals surface area contributed by atoms with Gasteiger partial charge in [0.1, 0.15) is 17.3 Å². The molecule has 0 atom stereocenters. The van der Waals surface area contributed by atoms with Crippen LogP contribution in [0, 0.1) is 11.6 Å². The minimum atomic E-state index is -0.734. The molecule has 3 rings (SSSR count). The molecule has 0 saturated carbocycles. The maximum Gasteiger partial charge on any atom is 0.249 e. The van der Waals surface area contributed by atoms with Gasteiger partial charge in [0.2, 0.25) is 5.95 Å². The van der Waals surface area contributed by atoms with Crippen LogP contribution >= 0.6 is 0 Å². The van der Waals surface area contributed by atoms with Crippen molar-refractivity contribution in [3.05, 3.63) is 66.1 Å².